The van der Waals surface area contributed by atoms with Crippen LogP contribution in [0.1, 0.15) is 18.9 Å². The molecule has 1 atom stereocenters. The molecule has 0 heterocycles. The van der Waals surface area contributed by atoms with Crippen LogP contribution in [0.3, 0.4) is 0 Å². The largest absolute Gasteiger partial charge is 0.492 e. The van der Waals surface area contributed by atoms with Gasteiger partial charge in [-0.2, -0.15) is 5.26 Å². The first kappa shape index (κ1) is 14.5. The Bertz CT molecular complexity index is 399. The first-order valence-corrected chi connectivity index (χ1v) is 6.11. The van der Waals surface area contributed by atoms with Crippen molar-refractivity contribution in [2.24, 2.45) is 0 Å². The standard InChI is InChI=1S/C14H20N2O2/c1-12(17)6-7-16(2)8-9-18-14-5-3-4-13(10-14)11-15/h3-5,10,12,17H,6-9H2,1-2H3. The number of likely N-dealkylation sites (N-methyl/N-ethyl adjacent to an activating group) is 1. The summed E-state index contributed by atoms with van der Waals surface area (Å²) in [5.41, 5.74) is 0.606. The molecule has 0 aliphatic carbocycles. The third kappa shape index (κ3) is 5.67. The van der Waals surface area contributed by atoms with Gasteiger partial charge in [0.05, 0.1) is 17.7 Å². The summed E-state index contributed by atoms with van der Waals surface area (Å²) in [6.45, 7) is 4.01. The van der Waals surface area contributed by atoms with Crippen LogP contribution in [0, 0.1) is 11.3 Å². The summed E-state index contributed by atoms with van der Waals surface area (Å²) in [6, 6.07) is 9.22. The minimum atomic E-state index is -0.263. The second-order valence-corrected chi connectivity index (χ2v) is 4.43. The number of ether oxygens (including phenoxy) is 1. The van der Waals surface area contributed by atoms with Crippen LogP contribution in [0.5, 0.6) is 5.75 Å². The molecule has 0 saturated carbocycles. The van der Waals surface area contributed by atoms with Gasteiger partial charge in [0.15, 0.2) is 0 Å². The third-order valence-corrected chi connectivity index (χ3v) is 2.63. The van der Waals surface area contributed by atoms with Crippen LogP contribution in [0.4, 0.5) is 0 Å². The summed E-state index contributed by atoms with van der Waals surface area (Å²) in [5, 5.41) is 17.9. The van der Waals surface area contributed by atoms with Crippen molar-refractivity contribution >= 4 is 0 Å². The van der Waals surface area contributed by atoms with Gasteiger partial charge >= 0.3 is 0 Å². The van der Waals surface area contributed by atoms with Crippen molar-refractivity contribution in [1.29, 1.82) is 5.26 Å². The van der Waals surface area contributed by atoms with E-state index in [1.54, 1.807) is 19.1 Å². The van der Waals surface area contributed by atoms with Gasteiger partial charge in [0.25, 0.3) is 0 Å². The predicted octanol–water partition coefficient (Wildman–Crippen LogP) is 1.64. The van der Waals surface area contributed by atoms with Crippen molar-refractivity contribution in [3.8, 4) is 11.8 Å². The van der Waals surface area contributed by atoms with E-state index in [2.05, 4.69) is 11.0 Å². The second-order valence-electron chi connectivity index (χ2n) is 4.43. The fourth-order valence-corrected chi connectivity index (χ4v) is 1.49. The van der Waals surface area contributed by atoms with Crippen LogP contribution in [-0.2, 0) is 0 Å². The number of benzene rings is 1. The zero-order valence-electron chi connectivity index (χ0n) is 11.0. The lowest BCUT2D eigenvalue weighted by Gasteiger charge is -2.17. The third-order valence-electron chi connectivity index (χ3n) is 2.63. The molecule has 0 bridgehead atoms. The summed E-state index contributed by atoms with van der Waals surface area (Å²) in [7, 11) is 2.00. The van der Waals surface area contributed by atoms with E-state index < -0.39 is 0 Å². The lowest BCUT2D eigenvalue weighted by molar-refractivity contribution is 0.157. The van der Waals surface area contributed by atoms with Gasteiger partial charge in [-0.3, -0.25) is 0 Å². The number of nitriles is 1. The van der Waals surface area contributed by atoms with Gasteiger partial charge in [0.1, 0.15) is 12.4 Å². The molecule has 0 aromatic heterocycles. The Labute approximate surface area is 108 Å². The summed E-state index contributed by atoms with van der Waals surface area (Å²) in [6.07, 6.45) is 0.501. The van der Waals surface area contributed by atoms with E-state index in [0.29, 0.717) is 12.2 Å². The topological polar surface area (TPSA) is 56.5 Å². The van der Waals surface area contributed by atoms with Crippen molar-refractivity contribution in [3.63, 3.8) is 0 Å². The molecule has 0 aliphatic heterocycles. The van der Waals surface area contributed by atoms with Crippen molar-refractivity contribution < 1.29 is 9.84 Å². The first-order valence-electron chi connectivity index (χ1n) is 6.11. The van der Waals surface area contributed by atoms with Gasteiger partial charge in [0, 0.05) is 13.1 Å². The molecule has 0 saturated heterocycles. The Balaban J connectivity index is 2.26. The van der Waals surface area contributed by atoms with E-state index in [-0.39, 0.29) is 6.10 Å². The van der Waals surface area contributed by atoms with Crippen LogP contribution in [-0.4, -0.2) is 42.9 Å². The van der Waals surface area contributed by atoms with Gasteiger partial charge in [-0.15, -0.1) is 0 Å². The Morgan fingerprint density at radius 1 is 1.44 bits per heavy atom. The van der Waals surface area contributed by atoms with E-state index in [1.165, 1.54) is 0 Å². The molecule has 0 spiro atoms. The summed E-state index contributed by atoms with van der Waals surface area (Å²) in [4.78, 5) is 2.11. The highest BCUT2D eigenvalue weighted by Crippen LogP contribution is 2.12. The quantitative estimate of drug-likeness (QED) is 0.797. The maximum Gasteiger partial charge on any atom is 0.120 e. The highest BCUT2D eigenvalue weighted by molar-refractivity contribution is 5.36. The minimum Gasteiger partial charge on any atom is -0.492 e. The zero-order valence-corrected chi connectivity index (χ0v) is 11.0. The van der Waals surface area contributed by atoms with Gasteiger partial charge in [0.2, 0.25) is 0 Å². The highest BCUT2D eigenvalue weighted by Gasteiger charge is 2.02. The van der Waals surface area contributed by atoms with E-state index in [0.717, 1.165) is 25.3 Å². The summed E-state index contributed by atoms with van der Waals surface area (Å²) < 4.78 is 5.57. The average molecular weight is 248 g/mol. The van der Waals surface area contributed by atoms with Gasteiger partial charge in [-0.1, -0.05) is 6.07 Å². The molecule has 1 unspecified atom stereocenters. The van der Waals surface area contributed by atoms with Crippen LogP contribution in [0.25, 0.3) is 0 Å². The van der Waals surface area contributed by atoms with Crippen molar-refractivity contribution in [1.82, 2.24) is 4.90 Å². The molecule has 0 fully saturated rings. The fourth-order valence-electron chi connectivity index (χ4n) is 1.49. The molecule has 1 rings (SSSR count). The Kier molecular flexibility index (Phi) is 6.20. The molecular weight excluding hydrogens is 228 g/mol. The smallest absolute Gasteiger partial charge is 0.120 e. The molecule has 0 amide bonds. The molecule has 1 N–H and O–H groups in total. The maximum atomic E-state index is 9.17. The first-order chi connectivity index (χ1) is 8.61. The monoisotopic (exact) mass is 248 g/mol. The van der Waals surface area contributed by atoms with Crippen LogP contribution in [0.15, 0.2) is 24.3 Å². The van der Waals surface area contributed by atoms with Crippen molar-refractivity contribution in [2.45, 2.75) is 19.4 Å². The normalized spacial score (nSPS) is 12.2. The summed E-state index contributed by atoms with van der Waals surface area (Å²) in [5.74, 6) is 0.720. The molecule has 4 nitrogen and oxygen atoms in total. The Morgan fingerprint density at radius 2 is 2.22 bits per heavy atom. The predicted molar refractivity (Wildman–Crippen MR) is 70.4 cm³/mol. The number of aliphatic hydroxyl groups excluding tert-OH is 1. The second kappa shape index (κ2) is 7.70. The lowest BCUT2D eigenvalue weighted by Crippen LogP contribution is -2.27. The van der Waals surface area contributed by atoms with E-state index in [4.69, 9.17) is 10.00 Å². The fraction of sp³-hybridized carbons (Fsp3) is 0.500. The number of hydrogen-bond donors (Lipinski definition) is 1. The molecule has 98 valence electrons. The molecule has 1 aromatic carbocycles. The van der Waals surface area contributed by atoms with Gasteiger partial charge in [-0.25, -0.2) is 0 Å². The average Bonchev–Trinajstić information content (AvgIpc) is 2.36. The number of hydrogen-bond acceptors (Lipinski definition) is 4. The number of rotatable bonds is 7. The van der Waals surface area contributed by atoms with Crippen LogP contribution >= 0.6 is 0 Å². The Morgan fingerprint density at radius 3 is 2.89 bits per heavy atom. The number of nitrogens with zero attached hydrogens (tertiary/aromatic N) is 2. The van der Waals surface area contributed by atoms with E-state index in [9.17, 15) is 5.11 Å². The van der Waals surface area contributed by atoms with E-state index >= 15 is 0 Å². The molecule has 4 heteroatoms. The maximum absolute atomic E-state index is 9.17. The number of aliphatic hydroxyl groups is 1. The molecule has 0 aliphatic rings. The molecule has 0 radical (unpaired) electrons. The minimum absolute atomic E-state index is 0.263. The molecule has 18 heavy (non-hydrogen) atoms. The van der Waals surface area contributed by atoms with Gasteiger partial charge in [-0.05, 0) is 38.6 Å². The van der Waals surface area contributed by atoms with Crippen LogP contribution in [0.2, 0.25) is 0 Å². The van der Waals surface area contributed by atoms with Crippen LogP contribution < -0.4 is 4.74 Å². The SMILES string of the molecule is CC(O)CCN(C)CCOc1cccc(C#N)c1. The summed E-state index contributed by atoms with van der Waals surface area (Å²) >= 11 is 0. The van der Waals surface area contributed by atoms with Crippen molar-refractivity contribution in [2.75, 3.05) is 26.7 Å². The molecule has 1 aromatic rings. The van der Waals surface area contributed by atoms with Crippen molar-refractivity contribution in [3.05, 3.63) is 29.8 Å². The lowest BCUT2D eigenvalue weighted by atomic mass is 10.2. The molecular formula is C14H20N2O2. The van der Waals surface area contributed by atoms with E-state index in [1.807, 2.05) is 19.2 Å². The highest BCUT2D eigenvalue weighted by atomic mass is 16.5. The Hall–Kier alpha value is -1.57. The van der Waals surface area contributed by atoms with Gasteiger partial charge < -0.3 is 14.7 Å². The zero-order chi connectivity index (χ0) is 13.4.